The Kier molecular flexibility index (Phi) is 4.65. The number of hydrogen-bond acceptors (Lipinski definition) is 5. The molecule has 0 atom stereocenters. The summed E-state index contributed by atoms with van der Waals surface area (Å²) in [5.74, 6) is 0. The van der Waals surface area contributed by atoms with Crippen molar-refractivity contribution in [1.29, 1.82) is 0 Å². The summed E-state index contributed by atoms with van der Waals surface area (Å²) in [5, 5.41) is 14.0. The second-order valence-corrected chi connectivity index (χ2v) is 4.55. The zero-order chi connectivity index (χ0) is 15.2. The third-order valence-corrected chi connectivity index (χ3v) is 2.92. The van der Waals surface area contributed by atoms with Gasteiger partial charge in [0.05, 0.1) is 17.2 Å². The van der Waals surface area contributed by atoms with E-state index in [9.17, 15) is 14.9 Å². The van der Waals surface area contributed by atoms with Crippen molar-refractivity contribution in [3.63, 3.8) is 0 Å². The van der Waals surface area contributed by atoms with Crippen LogP contribution in [0.5, 0.6) is 0 Å². The molecule has 2 rings (SSSR count). The van der Waals surface area contributed by atoms with Crippen molar-refractivity contribution in [2.45, 2.75) is 19.9 Å². The zero-order valence-corrected chi connectivity index (χ0v) is 11.7. The molecule has 110 valence electrons. The van der Waals surface area contributed by atoms with Gasteiger partial charge in [0.2, 0.25) is 0 Å². The molecule has 0 saturated carbocycles. The highest BCUT2D eigenvalue weighted by atomic mass is 16.6. The molecule has 0 amide bonds. The molecule has 21 heavy (non-hydrogen) atoms. The summed E-state index contributed by atoms with van der Waals surface area (Å²) in [5.41, 5.74) is 0.521. The van der Waals surface area contributed by atoms with E-state index < -0.39 is 16.2 Å². The highest BCUT2D eigenvalue weighted by Gasteiger charge is 2.13. The van der Waals surface area contributed by atoms with E-state index in [0.717, 1.165) is 18.7 Å². The van der Waals surface area contributed by atoms with E-state index in [1.165, 1.54) is 22.9 Å². The Bertz CT molecular complexity index is 697. The van der Waals surface area contributed by atoms with Crippen molar-refractivity contribution >= 4 is 11.4 Å². The van der Waals surface area contributed by atoms with Gasteiger partial charge in [0.25, 0.3) is 0 Å². The van der Waals surface area contributed by atoms with Gasteiger partial charge in [-0.1, -0.05) is 6.92 Å². The van der Waals surface area contributed by atoms with E-state index in [1.807, 2.05) is 12.1 Å². The van der Waals surface area contributed by atoms with Crippen LogP contribution in [0.15, 0.2) is 41.5 Å². The molecule has 7 nitrogen and oxygen atoms in total. The number of nitrogens with zero attached hydrogens (tertiary/aromatic N) is 3. The number of aromatic nitrogens is 2. The maximum absolute atomic E-state index is 11.9. The maximum atomic E-state index is 11.9. The largest absolute Gasteiger partial charge is 0.385 e. The molecular weight excluding hydrogens is 272 g/mol. The number of anilines is 1. The van der Waals surface area contributed by atoms with Gasteiger partial charge < -0.3 is 9.88 Å². The smallest absolute Gasteiger partial charge is 0.334 e. The van der Waals surface area contributed by atoms with Crippen LogP contribution in [0.25, 0.3) is 0 Å². The highest BCUT2D eigenvalue weighted by Crippen LogP contribution is 2.09. The molecule has 0 aliphatic heterocycles. The predicted octanol–water partition coefficient (Wildman–Crippen LogP) is 2.02. The molecule has 1 N–H and O–H groups in total. The minimum absolute atomic E-state index is 0.197. The fraction of sp³-hybridized carbons (Fsp3) is 0.286. The Hall–Kier alpha value is -2.70. The van der Waals surface area contributed by atoms with Gasteiger partial charge in [-0.25, -0.2) is 0 Å². The lowest BCUT2D eigenvalue weighted by Gasteiger charge is -2.08. The first-order chi connectivity index (χ1) is 10.1. The average molecular weight is 288 g/mol. The van der Waals surface area contributed by atoms with E-state index >= 15 is 0 Å². The van der Waals surface area contributed by atoms with Gasteiger partial charge >= 0.3 is 11.2 Å². The van der Waals surface area contributed by atoms with E-state index in [2.05, 4.69) is 17.2 Å². The van der Waals surface area contributed by atoms with Gasteiger partial charge in [-0.2, -0.15) is 0 Å². The molecule has 0 aromatic carbocycles. The Morgan fingerprint density at radius 2 is 2.24 bits per heavy atom. The van der Waals surface area contributed by atoms with Crippen molar-refractivity contribution in [3.8, 4) is 0 Å². The summed E-state index contributed by atoms with van der Waals surface area (Å²) in [6.07, 6.45) is 4.17. The monoisotopic (exact) mass is 288 g/mol. The van der Waals surface area contributed by atoms with Crippen LogP contribution in [0.3, 0.4) is 0 Å². The van der Waals surface area contributed by atoms with Crippen molar-refractivity contribution < 1.29 is 4.92 Å². The van der Waals surface area contributed by atoms with E-state index in [-0.39, 0.29) is 6.54 Å². The average Bonchev–Trinajstić information content (AvgIpc) is 2.47. The molecule has 7 heteroatoms. The van der Waals surface area contributed by atoms with Gasteiger partial charge in [0, 0.05) is 30.7 Å². The molecule has 0 unspecified atom stereocenters. The fourth-order valence-electron chi connectivity index (χ4n) is 1.91. The molecule has 0 radical (unpaired) electrons. The molecule has 0 aliphatic rings. The molecule has 2 aromatic rings. The first-order valence-corrected chi connectivity index (χ1v) is 6.64. The summed E-state index contributed by atoms with van der Waals surface area (Å²) < 4.78 is 1.28. The maximum Gasteiger partial charge on any atom is 0.334 e. The topological polar surface area (TPSA) is 90.1 Å². The van der Waals surface area contributed by atoms with E-state index in [4.69, 9.17) is 0 Å². The van der Waals surface area contributed by atoms with Crippen molar-refractivity contribution in [2.24, 2.45) is 0 Å². The molecule has 0 saturated heterocycles. The number of hydrogen-bond donors (Lipinski definition) is 1. The third-order valence-electron chi connectivity index (χ3n) is 2.92. The molecular formula is C14H16N4O3. The van der Waals surface area contributed by atoms with Crippen LogP contribution in [0, 0.1) is 10.1 Å². The minimum atomic E-state index is -0.675. The SMILES string of the molecule is CCCNc1ccnc(Cn2cccc([N+](=O)[O-])c2=O)c1. The lowest BCUT2D eigenvalue weighted by Crippen LogP contribution is -2.22. The summed E-state index contributed by atoms with van der Waals surface area (Å²) in [7, 11) is 0. The van der Waals surface area contributed by atoms with Gasteiger partial charge in [-0.05, 0) is 24.6 Å². The van der Waals surface area contributed by atoms with Crippen LogP contribution in [-0.4, -0.2) is 21.0 Å². The van der Waals surface area contributed by atoms with Gasteiger partial charge in [0.15, 0.2) is 0 Å². The normalized spacial score (nSPS) is 10.3. The second-order valence-electron chi connectivity index (χ2n) is 4.55. The Balaban J connectivity index is 2.24. The van der Waals surface area contributed by atoms with Gasteiger partial charge in [-0.3, -0.25) is 19.9 Å². The van der Waals surface area contributed by atoms with Crippen LogP contribution in [-0.2, 0) is 6.54 Å². The molecule has 0 spiro atoms. The number of rotatable bonds is 6. The summed E-state index contributed by atoms with van der Waals surface area (Å²) in [6.45, 7) is 3.11. The standard InChI is InChI=1S/C14H16N4O3/c1-2-6-15-11-5-7-16-12(9-11)10-17-8-3-4-13(14(17)19)18(20)21/h3-5,7-9H,2,6,10H2,1H3,(H,15,16). The summed E-state index contributed by atoms with van der Waals surface area (Å²) >= 11 is 0. The molecule has 0 fully saturated rings. The van der Waals surface area contributed by atoms with E-state index in [0.29, 0.717) is 5.69 Å². The molecule has 2 aromatic heterocycles. The lowest BCUT2D eigenvalue weighted by atomic mass is 10.3. The van der Waals surface area contributed by atoms with Crippen LogP contribution in [0.2, 0.25) is 0 Å². The van der Waals surface area contributed by atoms with Crippen molar-refractivity contribution in [3.05, 3.63) is 62.8 Å². The highest BCUT2D eigenvalue weighted by molar-refractivity contribution is 5.43. The quantitative estimate of drug-likeness (QED) is 0.648. The molecule has 0 aliphatic carbocycles. The Morgan fingerprint density at radius 3 is 2.95 bits per heavy atom. The van der Waals surface area contributed by atoms with Crippen molar-refractivity contribution in [1.82, 2.24) is 9.55 Å². The fourth-order valence-corrected chi connectivity index (χ4v) is 1.91. The third kappa shape index (κ3) is 3.65. The van der Waals surface area contributed by atoms with E-state index in [1.54, 1.807) is 6.20 Å². The summed E-state index contributed by atoms with van der Waals surface area (Å²) in [4.78, 5) is 26.2. The number of nitro groups is 1. The first kappa shape index (κ1) is 14.7. The van der Waals surface area contributed by atoms with Crippen LogP contribution in [0.1, 0.15) is 19.0 Å². The number of pyridine rings is 2. The van der Waals surface area contributed by atoms with Gasteiger partial charge in [0.1, 0.15) is 0 Å². The molecule has 2 heterocycles. The minimum Gasteiger partial charge on any atom is -0.385 e. The number of nitrogens with one attached hydrogen (secondary N) is 1. The Morgan fingerprint density at radius 1 is 1.43 bits per heavy atom. The molecule has 0 bridgehead atoms. The predicted molar refractivity (Wildman–Crippen MR) is 79.5 cm³/mol. The van der Waals surface area contributed by atoms with Crippen LogP contribution < -0.4 is 10.9 Å². The van der Waals surface area contributed by atoms with Crippen LogP contribution >= 0.6 is 0 Å². The lowest BCUT2D eigenvalue weighted by molar-refractivity contribution is -0.386. The zero-order valence-electron chi connectivity index (χ0n) is 11.7. The van der Waals surface area contributed by atoms with Crippen LogP contribution in [0.4, 0.5) is 11.4 Å². The van der Waals surface area contributed by atoms with Gasteiger partial charge in [-0.15, -0.1) is 0 Å². The summed E-state index contributed by atoms with van der Waals surface area (Å²) in [6, 6.07) is 6.36. The Labute approximate surface area is 121 Å². The van der Waals surface area contributed by atoms with Crippen molar-refractivity contribution in [2.75, 3.05) is 11.9 Å². The first-order valence-electron chi connectivity index (χ1n) is 6.64. The second kappa shape index (κ2) is 6.65.